The number of hydrogen-bond donors (Lipinski definition) is 2. The highest BCUT2D eigenvalue weighted by Gasteiger charge is 2.29. The first-order valence-electron chi connectivity index (χ1n) is 8.89. The summed E-state index contributed by atoms with van der Waals surface area (Å²) in [5.41, 5.74) is 6.02. The average molecular weight is 340 g/mol. The number of nitrogens with one attached hydrogen (secondary N) is 2. The normalized spacial score (nSPS) is 20.7. The number of guanidine groups is 1. The maximum absolute atomic E-state index is 9.06. The first-order chi connectivity index (χ1) is 12.8. The van der Waals surface area contributed by atoms with Crippen LogP contribution in [0.15, 0.2) is 82.5 Å². The molecular weight excluding hydrogens is 320 g/mol. The van der Waals surface area contributed by atoms with E-state index in [1.807, 2.05) is 30.5 Å². The fourth-order valence-corrected chi connectivity index (χ4v) is 3.64. The molecule has 0 unspecified atom stereocenters. The molecule has 0 saturated carbocycles. The van der Waals surface area contributed by atoms with Crippen LogP contribution in [0.25, 0.3) is 6.08 Å². The third kappa shape index (κ3) is 3.25. The third-order valence-electron chi connectivity index (χ3n) is 4.80. The minimum Gasteiger partial charge on any atom is -0.325 e. The zero-order chi connectivity index (χ0) is 17.8. The second-order valence-corrected chi connectivity index (χ2v) is 6.49. The van der Waals surface area contributed by atoms with E-state index >= 15 is 0 Å². The molecule has 1 heterocycles. The summed E-state index contributed by atoms with van der Waals surface area (Å²) in [6.07, 6.45) is 7.36. The highest BCUT2D eigenvalue weighted by atomic mass is 15.2. The van der Waals surface area contributed by atoms with Crippen LogP contribution in [0.5, 0.6) is 0 Å². The topological polar surface area (TPSA) is 60.2 Å². The van der Waals surface area contributed by atoms with Gasteiger partial charge in [-0.15, -0.1) is 0 Å². The second-order valence-electron chi connectivity index (χ2n) is 6.49. The monoisotopic (exact) mass is 340 g/mol. The summed E-state index contributed by atoms with van der Waals surface area (Å²) in [7, 11) is 0. The van der Waals surface area contributed by atoms with E-state index in [1.54, 1.807) is 0 Å². The lowest BCUT2D eigenvalue weighted by molar-refractivity contribution is 0.651. The Labute approximate surface area is 153 Å². The second kappa shape index (κ2) is 7.28. The molecule has 4 heteroatoms. The number of benzene rings is 2. The quantitative estimate of drug-likeness (QED) is 0.634. The van der Waals surface area contributed by atoms with Crippen LogP contribution in [0.4, 0.5) is 0 Å². The third-order valence-corrected chi connectivity index (χ3v) is 4.80. The van der Waals surface area contributed by atoms with E-state index in [-0.39, 0.29) is 6.04 Å². The van der Waals surface area contributed by atoms with E-state index in [4.69, 9.17) is 10.3 Å². The molecule has 0 spiro atoms. The number of nitrogens with zero attached hydrogens (tertiary/aromatic N) is 2. The summed E-state index contributed by atoms with van der Waals surface area (Å²) in [4.78, 5) is 4.75. The number of nitriles is 1. The Morgan fingerprint density at radius 1 is 1.04 bits per heavy atom. The minimum atomic E-state index is -0.0530. The molecule has 0 saturated heterocycles. The molecule has 0 fully saturated rings. The van der Waals surface area contributed by atoms with Crippen molar-refractivity contribution in [3.63, 3.8) is 0 Å². The van der Waals surface area contributed by atoms with Crippen LogP contribution in [-0.2, 0) is 0 Å². The van der Waals surface area contributed by atoms with Gasteiger partial charge in [-0.25, -0.2) is 4.99 Å². The summed E-state index contributed by atoms with van der Waals surface area (Å²) in [5.74, 6) is 0.515. The summed E-state index contributed by atoms with van der Waals surface area (Å²) in [6, 6.07) is 20.6. The molecule has 0 aromatic heterocycles. The Morgan fingerprint density at radius 2 is 1.77 bits per heavy atom. The van der Waals surface area contributed by atoms with E-state index in [1.165, 1.54) is 16.7 Å². The fraction of sp³-hybridized carbons (Fsp3) is 0.182. The molecule has 0 bridgehead atoms. The van der Waals surface area contributed by atoms with Crippen molar-refractivity contribution in [2.75, 3.05) is 0 Å². The van der Waals surface area contributed by atoms with Crippen LogP contribution in [0, 0.1) is 11.5 Å². The van der Waals surface area contributed by atoms with Gasteiger partial charge in [0.2, 0.25) is 5.96 Å². The van der Waals surface area contributed by atoms with Gasteiger partial charge < -0.3 is 5.32 Å². The highest BCUT2D eigenvalue weighted by Crippen LogP contribution is 2.40. The van der Waals surface area contributed by atoms with Crippen LogP contribution in [0.1, 0.15) is 36.4 Å². The van der Waals surface area contributed by atoms with Crippen LogP contribution in [-0.4, -0.2) is 5.96 Å². The predicted octanol–water partition coefficient (Wildman–Crippen LogP) is 4.28. The minimum absolute atomic E-state index is 0.0530. The SMILES string of the molecule is N#CNC1=N[C@H](c2ccccc2)C2=C(N1)/C(=C\c1ccccc1)CCC2. The molecule has 2 aliphatic rings. The van der Waals surface area contributed by atoms with Crippen LogP contribution < -0.4 is 10.6 Å². The Balaban J connectivity index is 1.78. The van der Waals surface area contributed by atoms with E-state index in [0.717, 1.165) is 30.5 Å². The number of rotatable bonds is 2. The molecule has 2 aromatic rings. The molecule has 26 heavy (non-hydrogen) atoms. The maximum atomic E-state index is 9.06. The van der Waals surface area contributed by atoms with Gasteiger partial charge in [0.15, 0.2) is 6.19 Å². The van der Waals surface area contributed by atoms with Gasteiger partial charge in [0, 0.05) is 5.70 Å². The molecule has 0 radical (unpaired) electrons. The van der Waals surface area contributed by atoms with Crippen molar-refractivity contribution >= 4 is 12.0 Å². The van der Waals surface area contributed by atoms with Crippen molar-refractivity contribution in [1.29, 1.82) is 5.26 Å². The van der Waals surface area contributed by atoms with E-state index < -0.39 is 0 Å². The molecule has 128 valence electrons. The standard InChI is InChI=1S/C22H20N4/c23-15-24-22-25-20(17-10-5-2-6-11-17)19-13-7-12-18(21(19)26-22)14-16-8-3-1-4-9-16/h1-6,8-11,14,20H,7,12-13H2,(H2,24,25,26)/b18-14-/t20-/m1/s1. The molecule has 2 aromatic carbocycles. The molecule has 1 aliphatic heterocycles. The van der Waals surface area contributed by atoms with Gasteiger partial charge in [-0.05, 0) is 47.6 Å². The van der Waals surface area contributed by atoms with Crippen molar-refractivity contribution in [1.82, 2.24) is 10.6 Å². The summed E-state index contributed by atoms with van der Waals surface area (Å²) in [5, 5.41) is 15.1. The Hall–Kier alpha value is -3.32. The van der Waals surface area contributed by atoms with Crippen LogP contribution in [0.3, 0.4) is 0 Å². The smallest absolute Gasteiger partial charge is 0.210 e. The zero-order valence-electron chi connectivity index (χ0n) is 14.4. The van der Waals surface area contributed by atoms with E-state index in [2.05, 4.69) is 53.1 Å². The van der Waals surface area contributed by atoms with Gasteiger partial charge in [0.1, 0.15) is 6.04 Å². The van der Waals surface area contributed by atoms with Crippen molar-refractivity contribution < 1.29 is 0 Å². The lowest BCUT2D eigenvalue weighted by Gasteiger charge is -2.32. The maximum Gasteiger partial charge on any atom is 0.210 e. The molecule has 1 atom stereocenters. The van der Waals surface area contributed by atoms with Crippen LogP contribution >= 0.6 is 0 Å². The zero-order valence-corrected chi connectivity index (χ0v) is 14.4. The Morgan fingerprint density at radius 3 is 2.50 bits per heavy atom. The van der Waals surface area contributed by atoms with Gasteiger partial charge in [0.25, 0.3) is 0 Å². The van der Waals surface area contributed by atoms with Gasteiger partial charge in [-0.1, -0.05) is 60.7 Å². The average Bonchev–Trinajstić information content (AvgIpc) is 2.70. The summed E-state index contributed by atoms with van der Waals surface area (Å²) in [6.45, 7) is 0. The highest BCUT2D eigenvalue weighted by molar-refractivity contribution is 5.86. The van der Waals surface area contributed by atoms with Crippen LogP contribution in [0.2, 0.25) is 0 Å². The number of hydrogen-bond acceptors (Lipinski definition) is 4. The largest absolute Gasteiger partial charge is 0.325 e. The molecular formula is C22H20N4. The van der Waals surface area contributed by atoms with Gasteiger partial charge >= 0.3 is 0 Å². The van der Waals surface area contributed by atoms with Gasteiger partial charge in [0.05, 0.1) is 0 Å². The number of allylic oxidation sites excluding steroid dienone is 1. The summed E-state index contributed by atoms with van der Waals surface area (Å²) < 4.78 is 0. The number of aliphatic imine (C=N–C) groups is 1. The van der Waals surface area contributed by atoms with E-state index in [9.17, 15) is 0 Å². The lowest BCUT2D eigenvalue weighted by atomic mass is 9.84. The van der Waals surface area contributed by atoms with Crippen molar-refractivity contribution in [2.45, 2.75) is 25.3 Å². The van der Waals surface area contributed by atoms with Crippen molar-refractivity contribution in [3.8, 4) is 6.19 Å². The van der Waals surface area contributed by atoms with Gasteiger partial charge in [-0.2, -0.15) is 5.26 Å². The van der Waals surface area contributed by atoms with Crippen molar-refractivity contribution in [3.05, 3.63) is 88.6 Å². The lowest BCUT2D eigenvalue weighted by Crippen LogP contribution is -2.39. The Bertz CT molecular complexity index is 918. The first-order valence-corrected chi connectivity index (χ1v) is 8.89. The Kier molecular flexibility index (Phi) is 4.53. The predicted molar refractivity (Wildman–Crippen MR) is 104 cm³/mol. The first kappa shape index (κ1) is 16.2. The molecule has 0 amide bonds. The van der Waals surface area contributed by atoms with Crippen molar-refractivity contribution in [2.24, 2.45) is 4.99 Å². The molecule has 4 rings (SSSR count). The summed E-state index contributed by atoms with van der Waals surface area (Å²) >= 11 is 0. The molecule has 1 aliphatic carbocycles. The molecule has 4 nitrogen and oxygen atoms in total. The molecule has 2 N–H and O–H groups in total. The van der Waals surface area contributed by atoms with Gasteiger partial charge in [-0.3, -0.25) is 5.32 Å². The fourth-order valence-electron chi connectivity index (χ4n) is 3.64. The van der Waals surface area contributed by atoms with E-state index in [0.29, 0.717) is 5.96 Å².